The molecule has 0 saturated heterocycles. The van der Waals surface area contributed by atoms with E-state index in [0.717, 1.165) is 5.56 Å². The van der Waals surface area contributed by atoms with Crippen molar-refractivity contribution in [3.63, 3.8) is 0 Å². The number of imidazole rings is 1. The number of nitrogens with one attached hydrogen (secondary N) is 2. The van der Waals surface area contributed by atoms with E-state index in [-0.39, 0.29) is 5.03 Å². The molecule has 0 radical (unpaired) electrons. The summed E-state index contributed by atoms with van der Waals surface area (Å²) in [6, 6.07) is 9.41. The monoisotopic (exact) mass is 343 g/mol. The largest absolute Gasteiger partial charge is 0.335 e. The minimum Gasteiger partial charge on any atom is -0.335 e. The first-order valence-corrected chi connectivity index (χ1v) is 8.22. The van der Waals surface area contributed by atoms with E-state index in [1.165, 1.54) is 12.5 Å². The summed E-state index contributed by atoms with van der Waals surface area (Å²) < 4.78 is 27.2. The summed E-state index contributed by atoms with van der Waals surface area (Å²) in [5.41, 5.74) is 0.153. The lowest BCUT2D eigenvalue weighted by Gasteiger charge is -2.28. The summed E-state index contributed by atoms with van der Waals surface area (Å²) in [5.74, 6) is 0. The van der Waals surface area contributed by atoms with Crippen molar-refractivity contribution < 1.29 is 8.42 Å². The van der Waals surface area contributed by atoms with Crippen LogP contribution in [0.1, 0.15) is 12.5 Å². The van der Waals surface area contributed by atoms with Crippen molar-refractivity contribution in [2.24, 2.45) is 0 Å². The van der Waals surface area contributed by atoms with Gasteiger partial charge in [-0.05, 0) is 12.5 Å². The average molecular weight is 344 g/mol. The molecule has 2 N–H and O–H groups in total. The zero-order valence-electron chi connectivity index (χ0n) is 10.3. The summed E-state index contributed by atoms with van der Waals surface area (Å²) in [6.07, 6.45) is 2.62. The van der Waals surface area contributed by atoms with Gasteiger partial charge in [0.15, 0.2) is 5.03 Å². The number of halogens is 1. The lowest BCUT2D eigenvalue weighted by Crippen LogP contribution is -2.44. The Morgan fingerprint density at radius 3 is 2.58 bits per heavy atom. The third-order valence-corrected chi connectivity index (χ3v) is 5.44. The van der Waals surface area contributed by atoms with Crippen LogP contribution in [0, 0.1) is 0 Å². The zero-order valence-corrected chi connectivity index (χ0v) is 12.7. The van der Waals surface area contributed by atoms with Gasteiger partial charge in [-0.25, -0.2) is 13.4 Å². The van der Waals surface area contributed by atoms with Crippen LogP contribution in [0.5, 0.6) is 0 Å². The number of aromatic nitrogens is 2. The molecule has 19 heavy (non-hydrogen) atoms. The molecule has 0 spiro atoms. The van der Waals surface area contributed by atoms with Gasteiger partial charge in [0.05, 0.1) is 18.1 Å². The molecule has 102 valence electrons. The van der Waals surface area contributed by atoms with Gasteiger partial charge in [0.2, 0.25) is 0 Å². The molecule has 0 bridgehead atoms. The van der Waals surface area contributed by atoms with Crippen molar-refractivity contribution in [3.05, 3.63) is 48.4 Å². The highest BCUT2D eigenvalue weighted by Gasteiger charge is 2.32. The summed E-state index contributed by atoms with van der Waals surface area (Å²) in [7, 11) is -3.63. The fourth-order valence-corrected chi connectivity index (χ4v) is 3.66. The number of H-pyrrole nitrogens is 1. The van der Waals surface area contributed by atoms with Gasteiger partial charge >= 0.3 is 0 Å². The molecular weight excluding hydrogens is 330 g/mol. The Bertz CT molecular complexity index is 628. The maximum absolute atomic E-state index is 12.2. The first-order chi connectivity index (χ1) is 8.98. The molecule has 1 aromatic heterocycles. The zero-order chi connectivity index (χ0) is 13.9. The standard InChI is InChI=1S/C12H14BrN3O2S/c1-12(8-13,10-5-3-2-4-6-10)16-19(17,18)11-7-14-9-15-11/h2-7,9,16H,8H2,1H3,(H,14,15). The van der Waals surface area contributed by atoms with E-state index in [9.17, 15) is 8.42 Å². The number of benzene rings is 1. The summed E-state index contributed by atoms with van der Waals surface area (Å²) in [4.78, 5) is 6.33. The van der Waals surface area contributed by atoms with E-state index in [0.29, 0.717) is 5.33 Å². The first kappa shape index (κ1) is 14.2. The van der Waals surface area contributed by atoms with Gasteiger partial charge in [0.1, 0.15) is 0 Å². The Morgan fingerprint density at radius 1 is 1.37 bits per heavy atom. The van der Waals surface area contributed by atoms with E-state index in [2.05, 4.69) is 30.6 Å². The molecule has 0 amide bonds. The van der Waals surface area contributed by atoms with Gasteiger partial charge < -0.3 is 4.98 Å². The maximum Gasteiger partial charge on any atom is 0.258 e. The van der Waals surface area contributed by atoms with Crippen LogP contribution in [0.3, 0.4) is 0 Å². The summed E-state index contributed by atoms with van der Waals surface area (Å²) in [5, 5.41) is 0.507. The highest BCUT2D eigenvalue weighted by molar-refractivity contribution is 9.09. The van der Waals surface area contributed by atoms with E-state index >= 15 is 0 Å². The van der Waals surface area contributed by atoms with Crippen LogP contribution < -0.4 is 4.72 Å². The molecular formula is C12H14BrN3O2S. The minimum absolute atomic E-state index is 0.0515. The molecule has 0 saturated carbocycles. The van der Waals surface area contributed by atoms with Gasteiger partial charge in [-0.15, -0.1) is 0 Å². The van der Waals surface area contributed by atoms with Crippen molar-refractivity contribution in [2.75, 3.05) is 5.33 Å². The third kappa shape index (κ3) is 3.05. The van der Waals surface area contributed by atoms with Gasteiger partial charge in [-0.2, -0.15) is 4.72 Å². The van der Waals surface area contributed by atoms with Crippen molar-refractivity contribution in [2.45, 2.75) is 17.5 Å². The third-order valence-electron chi connectivity index (χ3n) is 2.80. The summed E-state index contributed by atoms with van der Waals surface area (Å²) >= 11 is 3.37. The molecule has 0 fully saturated rings. The van der Waals surface area contributed by atoms with Crippen LogP contribution in [0.4, 0.5) is 0 Å². The van der Waals surface area contributed by atoms with Crippen LogP contribution in [0.25, 0.3) is 0 Å². The van der Waals surface area contributed by atoms with Crippen molar-refractivity contribution in [1.82, 2.24) is 14.7 Å². The van der Waals surface area contributed by atoms with E-state index in [1.54, 1.807) is 0 Å². The number of rotatable bonds is 5. The second kappa shape index (κ2) is 5.44. The van der Waals surface area contributed by atoms with Gasteiger partial charge in [0.25, 0.3) is 10.0 Å². The Balaban J connectivity index is 2.35. The van der Waals surface area contributed by atoms with Crippen molar-refractivity contribution in [1.29, 1.82) is 0 Å². The van der Waals surface area contributed by atoms with Gasteiger partial charge in [0, 0.05) is 5.33 Å². The summed E-state index contributed by atoms with van der Waals surface area (Å²) in [6.45, 7) is 1.82. The number of nitrogens with zero attached hydrogens (tertiary/aromatic N) is 1. The molecule has 2 aromatic rings. The number of hydrogen-bond acceptors (Lipinski definition) is 3. The lowest BCUT2D eigenvalue weighted by atomic mass is 9.96. The average Bonchev–Trinajstić information content (AvgIpc) is 2.94. The molecule has 7 heteroatoms. The van der Waals surface area contributed by atoms with Crippen LogP contribution in [-0.2, 0) is 15.6 Å². The first-order valence-electron chi connectivity index (χ1n) is 5.62. The fraction of sp³-hybridized carbons (Fsp3) is 0.250. The second-order valence-corrected chi connectivity index (χ2v) is 6.56. The smallest absolute Gasteiger partial charge is 0.258 e. The molecule has 5 nitrogen and oxygen atoms in total. The molecule has 1 heterocycles. The number of alkyl halides is 1. The van der Waals surface area contributed by atoms with Crippen molar-refractivity contribution >= 4 is 26.0 Å². The molecule has 1 atom stereocenters. The second-order valence-electron chi connectivity index (χ2n) is 4.35. The quantitative estimate of drug-likeness (QED) is 0.815. The van der Waals surface area contributed by atoms with Gasteiger partial charge in [-0.1, -0.05) is 46.3 Å². The lowest BCUT2D eigenvalue weighted by molar-refractivity contribution is 0.480. The van der Waals surface area contributed by atoms with Crippen LogP contribution >= 0.6 is 15.9 Å². The Labute approximate surface area is 120 Å². The number of hydrogen-bond donors (Lipinski definition) is 2. The molecule has 2 rings (SSSR count). The number of aromatic amines is 1. The fourth-order valence-electron chi connectivity index (χ4n) is 1.71. The molecule has 1 aromatic carbocycles. The SMILES string of the molecule is CC(CBr)(NS(=O)(=O)c1cnc[nH]1)c1ccccc1. The maximum atomic E-state index is 12.2. The predicted octanol–water partition coefficient (Wildman–Crippen LogP) is 2.00. The van der Waals surface area contributed by atoms with Gasteiger partial charge in [-0.3, -0.25) is 0 Å². The van der Waals surface area contributed by atoms with Crippen LogP contribution in [0.15, 0.2) is 47.9 Å². The van der Waals surface area contributed by atoms with Crippen LogP contribution in [0.2, 0.25) is 0 Å². The topological polar surface area (TPSA) is 74.8 Å². The highest BCUT2D eigenvalue weighted by atomic mass is 79.9. The Kier molecular flexibility index (Phi) is 4.07. The predicted molar refractivity (Wildman–Crippen MR) is 76.5 cm³/mol. The van der Waals surface area contributed by atoms with E-state index in [4.69, 9.17) is 0 Å². The molecule has 0 aliphatic rings. The molecule has 0 aliphatic heterocycles. The normalized spacial score (nSPS) is 15.1. The number of sulfonamides is 1. The highest BCUT2D eigenvalue weighted by Crippen LogP contribution is 2.25. The van der Waals surface area contributed by atoms with E-state index < -0.39 is 15.6 Å². The Morgan fingerprint density at radius 2 is 2.05 bits per heavy atom. The van der Waals surface area contributed by atoms with Crippen molar-refractivity contribution in [3.8, 4) is 0 Å². The molecule has 0 aliphatic carbocycles. The van der Waals surface area contributed by atoms with E-state index in [1.807, 2.05) is 37.3 Å². The minimum atomic E-state index is -3.63. The van der Waals surface area contributed by atoms with Crippen LogP contribution in [-0.4, -0.2) is 23.7 Å². The molecule has 1 unspecified atom stereocenters. The Hall–Kier alpha value is -1.18.